The molecule has 0 amide bonds. The first-order valence-corrected chi connectivity index (χ1v) is 8.50. The number of sulfonamides is 1. The van der Waals surface area contributed by atoms with Crippen molar-refractivity contribution in [2.24, 2.45) is 0 Å². The maximum atomic E-state index is 13.1. The van der Waals surface area contributed by atoms with Crippen molar-refractivity contribution < 1.29 is 13.5 Å². The lowest BCUT2D eigenvalue weighted by molar-refractivity contribution is 0.247. The Morgan fingerprint density at radius 2 is 2.00 bits per heavy atom. The van der Waals surface area contributed by atoms with E-state index in [1.54, 1.807) is 49.4 Å². The predicted molar refractivity (Wildman–Crippen MR) is 90.2 cm³/mol. The first-order valence-electron chi connectivity index (χ1n) is 7.06. The van der Waals surface area contributed by atoms with E-state index in [0.717, 1.165) is 0 Å². The van der Waals surface area contributed by atoms with Gasteiger partial charge in [0, 0.05) is 7.05 Å². The molecule has 0 radical (unpaired) electrons. The number of anilines is 1. The van der Waals surface area contributed by atoms with E-state index in [2.05, 4.69) is 6.58 Å². The summed E-state index contributed by atoms with van der Waals surface area (Å²) in [5.74, 6) is 0. The molecule has 0 bridgehead atoms. The molecule has 0 fully saturated rings. The fourth-order valence-electron chi connectivity index (χ4n) is 2.63. The summed E-state index contributed by atoms with van der Waals surface area (Å²) in [5.41, 5.74) is 1.03. The average Bonchev–Trinajstić information content (AvgIpc) is 2.54. The number of hydrogen-bond donors (Lipinski definition) is 1. The highest BCUT2D eigenvalue weighted by Crippen LogP contribution is 2.38. The zero-order chi connectivity index (χ0) is 16.4. The number of rotatable bonds is 5. The van der Waals surface area contributed by atoms with Crippen molar-refractivity contribution in [1.82, 2.24) is 0 Å². The van der Waals surface area contributed by atoms with Crippen molar-refractivity contribution in [3.63, 3.8) is 0 Å². The Balaban J connectivity index is 2.49. The van der Waals surface area contributed by atoms with Crippen LogP contribution in [-0.2, 0) is 10.0 Å². The van der Waals surface area contributed by atoms with Gasteiger partial charge < -0.3 is 5.11 Å². The van der Waals surface area contributed by atoms with Gasteiger partial charge in [-0.2, -0.15) is 0 Å². The topological polar surface area (TPSA) is 57.6 Å². The van der Waals surface area contributed by atoms with Gasteiger partial charge in [-0.15, -0.1) is 6.58 Å². The summed E-state index contributed by atoms with van der Waals surface area (Å²) >= 11 is 0. The van der Waals surface area contributed by atoms with Gasteiger partial charge in [-0.1, -0.05) is 42.5 Å². The monoisotopic (exact) mass is 319 g/mol. The number of hydrogen-bond acceptors (Lipinski definition) is 3. The van der Waals surface area contributed by atoms with Crippen LogP contribution in [0.1, 0.15) is 13.3 Å². The minimum Gasteiger partial charge on any atom is -0.385 e. The molecule has 2 atom stereocenters. The van der Waals surface area contributed by atoms with Gasteiger partial charge in [0.05, 0.1) is 11.8 Å². The second-order valence-corrected chi connectivity index (χ2v) is 7.87. The summed E-state index contributed by atoms with van der Waals surface area (Å²) in [6.07, 6.45) is 5.89. The first kappa shape index (κ1) is 16.5. The van der Waals surface area contributed by atoms with Gasteiger partial charge in [-0.25, -0.2) is 8.42 Å². The van der Waals surface area contributed by atoms with Crippen molar-refractivity contribution in [2.75, 3.05) is 11.4 Å². The van der Waals surface area contributed by atoms with Crippen LogP contribution in [0.25, 0.3) is 0 Å². The van der Waals surface area contributed by atoms with E-state index in [0.29, 0.717) is 17.7 Å². The summed E-state index contributed by atoms with van der Waals surface area (Å²) < 4.78 is 26.4. The predicted octanol–water partition coefficient (Wildman–Crippen LogP) is 2.64. The quantitative estimate of drug-likeness (QED) is 0.849. The number of para-hydroxylation sites is 1. The fraction of sp³-hybridized carbons (Fsp3) is 0.294. The van der Waals surface area contributed by atoms with E-state index < -0.39 is 20.9 Å². The van der Waals surface area contributed by atoms with Crippen molar-refractivity contribution in [3.05, 3.63) is 66.8 Å². The molecule has 1 N–H and O–H groups in total. The van der Waals surface area contributed by atoms with Gasteiger partial charge in [0.1, 0.15) is 4.75 Å². The lowest BCUT2D eigenvalue weighted by Crippen LogP contribution is -2.49. The Hall–Kier alpha value is -1.85. The largest absolute Gasteiger partial charge is 0.385 e. The first-order chi connectivity index (χ1) is 10.3. The van der Waals surface area contributed by atoms with E-state index in [1.165, 1.54) is 17.4 Å². The number of allylic oxidation sites excluding steroid dienone is 3. The smallest absolute Gasteiger partial charge is 0.244 e. The fourth-order valence-corrected chi connectivity index (χ4v) is 4.43. The van der Waals surface area contributed by atoms with Crippen LogP contribution in [0, 0.1) is 0 Å². The van der Waals surface area contributed by atoms with Crippen LogP contribution < -0.4 is 4.31 Å². The third-order valence-electron chi connectivity index (χ3n) is 4.12. The molecule has 118 valence electrons. The maximum Gasteiger partial charge on any atom is 0.244 e. The molecule has 5 heteroatoms. The van der Waals surface area contributed by atoms with Crippen molar-refractivity contribution in [1.29, 1.82) is 0 Å². The van der Waals surface area contributed by atoms with Crippen molar-refractivity contribution >= 4 is 15.7 Å². The van der Waals surface area contributed by atoms with Gasteiger partial charge in [-0.05, 0) is 31.1 Å². The number of aliphatic hydroxyl groups is 1. The Bertz CT molecular complexity index is 707. The summed E-state index contributed by atoms with van der Waals surface area (Å²) in [4.78, 5) is 0. The second kappa shape index (κ2) is 6.10. The molecule has 1 aliphatic rings. The highest BCUT2D eigenvalue weighted by Gasteiger charge is 2.46. The van der Waals surface area contributed by atoms with Crippen LogP contribution in [0.3, 0.4) is 0 Å². The highest BCUT2D eigenvalue weighted by atomic mass is 32.2. The molecular weight excluding hydrogens is 298 g/mol. The number of nitrogens with zero attached hydrogens (tertiary/aromatic N) is 1. The molecule has 2 unspecified atom stereocenters. The molecule has 0 aliphatic heterocycles. The van der Waals surface area contributed by atoms with Crippen LogP contribution in [0.2, 0.25) is 0 Å². The highest BCUT2D eigenvalue weighted by molar-refractivity contribution is 7.94. The van der Waals surface area contributed by atoms with E-state index in [-0.39, 0.29) is 0 Å². The van der Waals surface area contributed by atoms with Crippen LogP contribution in [0.5, 0.6) is 0 Å². The minimum absolute atomic E-state index is 0.309. The van der Waals surface area contributed by atoms with Gasteiger partial charge in [0.2, 0.25) is 10.0 Å². The average molecular weight is 319 g/mol. The van der Waals surface area contributed by atoms with E-state index >= 15 is 0 Å². The second-order valence-electron chi connectivity index (χ2n) is 5.47. The van der Waals surface area contributed by atoms with Gasteiger partial charge in [-0.3, -0.25) is 4.31 Å². The summed E-state index contributed by atoms with van der Waals surface area (Å²) in [6, 6.07) is 8.90. The van der Waals surface area contributed by atoms with Gasteiger partial charge >= 0.3 is 0 Å². The number of benzene rings is 1. The zero-order valence-corrected chi connectivity index (χ0v) is 13.6. The summed E-state index contributed by atoms with van der Waals surface area (Å²) in [7, 11) is -2.18. The minimum atomic E-state index is -3.71. The molecule has 0 saturated carbocycles. The standard InChI is InChI=1S/C17H21NO3S/c1-4-16(19)15-12-8-9-13-17(15,2)22(20,21)18(3)14-10-6-5-7-11-14/h4-12,16,19H,1,13H2,2-3H3. The molecule has 0 aromatic heterocycles. The van der Waals surface area contributed by atoms with Gasteiger partial charge in [0.15, 0.2) is 0 Å². The Morgan fingerprint density at radius 3 is 2.59 bits per heavy atom. The molecule has 1 aromatic carbocycles. The maximum absolute atomic E-state index is 13.1. The normalized spacial score (nSPS) is 22.8. The molecule has 2 rings (SSSR count). The lowest BCUT2D eigenvalue weighted by Gasteiger charge is -2.38. The summed E-state index contributed by atoms with van der Waals surface area (Å²) in [5, 5.41) is 10.1. The molecule has 0 spiro atoms. The van der Waals surface area contributed by atoms with E-state index in [1.807, 2.05) is 6.07 Å². The third-order valence-corrected chi connectivity index (χ3v) is 6.59. The SMILES string of the molecule is C=CC(O)C1=CC=CCC1(C)S(=O)(=O)N(C)c1ccccc1. The van der Waals surface area contributed by atoms with E-state index in [4.69, 9.17) is 0 Å². The molecule has 4 nitrogen and oxygen atoms in total. The molecule has 0 heterocycles. The molecule has 22 heavy (non-hydrogen) atoms. The van der Waals surface area contributed by atoms with Crippen LogP contribution >= 0.6 is 0 Å². The molecular formula is C17H21NO3S. The molecule has 0 saturated heterocycles. The van der Waals surface area contributed by atoms with Crippen LogP contribution in [-0.4, -0.2) is 31.4 Å². The van der Waals surface area contributed by atoms with Crippen molar-refractivity contribution in [2.45, 2.75) is 24.2 Å². The Labute approximate surface area is 132 Å². The van der Waals surface area contributed by atoms with Crippen LogP contribution in [0.4, 0.5) is 5.69 Å². The zero-order valence-electron chi connectivity index (χ0n) is 12.8. The molecule has 1 aromatic rings. The Morgan fingerprint density at radius 1 is 1.36 bits per heavy atom. The van der Waals surface area contributed by atoms with Crippen LogP contribution in [0.15, 0.2) is 66.8 Å². The lowest BCUT2D eigenvalue weighted by atomic mass is 9.88. The van der Waals surface area contributed by atoms with E-state index in [9.17, 15) is 13.5 Å². The summed E-state index contributed by atoms with van der Waals surface area (Å²) in [6.45, 7) is 5.21. The third kappa shape index (κ3) is 2.62. The number of aliphatic hydroxyl groups excluding tert-OH is 1. The van der Waals surface area contributed by atoms with Crippen molar-refractivity contribution in [3.8, 4) is 0 Å². The Kier molecular flexibility index (Phi) is 4.58. The molecule has 1 aliphatic carbocycles. The van der Waals surface area contributed by atoms with Gasteiger partial charge in [0.25, 0.3) is 0 Å².